The molecule has 0 fully saturated rings. The van der Waals surface area contributed by atoms with Crippen LogP contribution >= 0.6 is 0 Å². The molecule has 0 aliphatic carbocycles. The highest BCUT2D eigenvalue weighted by atomic mass is 19.1. The largest absolute Gasteiger partial charge is 0.420 e. The molecule has 0 spiro atoms. The van der Waals surface area contributed by atoms with Crippen molar-refractivity contribution in [1.82, 2.24) is 4.57 Å². The number of carbonyl (C=O) groups is 1. The van der Waals surface area contributed by atoms with Gasteiger partial charge in [0.2, 0.25) is 5.91 Å². The molecule has 1 N–H and O–H groups in total. The lowest BCUT2D eigenvalue weighted by Gasteiger charge is -2.13. The van der Waals surface area contributed by atoms with Gasteiger partial charge < -0.3 is 9.73 Å². The molecule has 0 aliphatic heterocycles. The van der Waals surface area contributed by atoms with Crippen LogP contribution in [0.3, 0.4) is 0 Å². The van der Waals surface area contributed by atoms with E-state index in [1.807, 2.05) is 0 Å². The molecule has 5 nitrogen and oxygen atoms in total. The van der Waals surface area contributed by atoms with E-state index in [2.05, 4.69) is 5.32 Å². The lowest BCUT2D eigenvalue weighted by atomic mass is 10.2. The van der Waals surface area contributed by atoms with Crippen molar-refractivity contribution >= 4 is 22.7 Å². The zero-order chi connectivity index (χ0) is 15.7. The van der Waals surface area contributed by atoms with Crippen molar-refractivity contribution in [2.75, 3.05) is 5.32 Å². The first-order valence-corrected chi connectivity index (χ1v) is 6.73. The summed E-state index contributed by atoms with van der Waals surface area (Å²) < 4.78 is 19.5. The second-order valence-corrected chi connectivity index (χ2v) is 4.88. The van der Waals surface area contributed by atoms with E-state index in [1.54, 1.807) is 37.3 Å². The van der Waals surface area contributed by atoms with Crippen molar-refractivity contribution in [2.45, 2.75) is 13.0 Å². The van der Waals surface area contributed by atoms with Crippen molar-refractivity contribution in [3.8, 4) is 0 Å². The number of rotatable bonds is 3. The van der Waals surface area contributed by atoms with Gasteiger partial charge >= 0.3 is 5.76 Å². The Balaban J connectivity index is 1.92. The predicted octanol–water partition coefficient (Wildman–Crippen LogP) is 2.93. The molecule has 22 heavy (non-hydrogen) atoms. The topological polar surface area (TPSA) is 64.2 Å². The maximum absolute atomic E-state index is 13.1. The van der Waals surface area contributed by atoms with Gasteiger partial charge in [-0.1, -0.05) is 18.2 Å². The fourth-order valence-corrected chi connectivity index (χ4v) is 2.28. The monoisotopic (exact) mass is 300 g/mol. The summed E-state index contributed by atoms with van der Waals surface area (Å²) in [7, 11) is 0. The molecule has 112 valence electrons. The SMILES string of the molecule is CC(C(=O)Nc1cccc(F)c1)n1c(=O)oc2ccccc21. The van der Waals surface area contributed by atoms with E-state index < -0.39 is 23.5 Å². The van der Waals surface area contributed by atoms with Crippen LogP contribution in [0, 0.1) is 5.82 Å². The Morgan fingerprint density at radius 3 is 2.77 bits per heavy atom. The maximum Gasteiger partial charge on any atom is 0.420 e. The van der Waals surface area contributed by atoms with Gasteiger partial charge in [-0.05, 0) is 37.3 Å². The van der Waals surface area contributed by atoms with Crippen molar-refractivity contribution < 1.29 is 13.6 Å². The quantitative estimate of drug-likeness (QED) is 0.809. The molecule has 1 atom stereocenters. The smallest absolute Gasteiger partial charge is 0.408 e. The minimum absolute atomic E-state index is 0.331. The third-order valence-corrected chi connectivity index (χ3v) is 3.38. The number of hydrogen-bond acceptors (Lipinski definition) is 3. The van der Waals surface area contributed by atoms with Gasteiger partial charge in [0.05, 0.1) is 5.52 Å². The summed E-state index contributed by atoms with van der Waals surface area (Å²) in [6, 6.07) is 11.6. The van der Waals surface area contributed by atoms with Gasteiger partial charge in [-0.15, -0.1) is 0 Å². The van der Waals surface area contributed by atoms with Gasteiger partial charge in [-0.25, -0.2) is 9.18 Å². The maximum atomic E-state index is 13.1. The summed E-state index contributed by atoms with van der Waals surface area (Å²) in [4.78, 5) is 24.2. The zero-order valence-electron chi connectivity index (χ0n) is 11.7. The molecule has 0 radical (unpaired) electrons. The summed E-state index contributed by atoms with van der Waals surface area (Å²) >= 11 is 0. The fraction of sp³-hybridized carbons (Fsp3) is 0.125. The molecule has 2 aromatic carbocycles. The molecule has 1 amide bonds. The average Bonchev–Trinajstić information content (AvgIpc) is 2.82. The van der Waals surface area contributed by atoms with Gasteiger partial charge in [0, 0.05) is 5.69 Å². The summed E-state index contributed by atoms with van der Waals surface area (Å²) in [5.41, 5.74) is 1.28. The van der Waals surface area contributed by atoms with Gasteiger partial charge in [-0.3, -0.25) is 9.36 Å². The first-order chi connectivity index (χ1) is 10.6. The third-order valence-electron chi connectivity index (χ3n) is 3.38. The van der Waals surface area contributed by atoms with Crippen LogP contribution in [0.25, 0.3) is 11.1 Å². The summed E-state index contributed by atoms with van der Waals surface area (Å²) in [5, 5.41) is 2.58. The van der Waals surface area contributed by atoms with Crippen molar-refractivity contribution in [3.63, 3.8) is 0 Å². The molecule has 6 heteroatoms. The number of halogens is 1. The normalized spacial score (nSPS) is 12.3. The highest BCUT2D eigenvalue weighted by molar-refractivity contribution is 5.94. The number of hydrogen-bond donors (Lipinski definition) is 1. The molecular weight excluding hydrogens is 287 g/mol. The Bertz CT molecular complexity index is 898. The van der Waals surface area contributed by atoms with Crippen molar-refractivity contribution in [2.24, 2.45) is 0 Å². The van der Waals surface area contributed by atoms with Crippen LogP contribution in [-0.4, -0.2) is 10.5 Å². The van der Waals surface area contributed by atoms with E-state index in [1.165, 1.54) is 22.8 Å². The second-order valence-electron chi connectivity index (χ2n) is 4.88. The molecule has 0 aliphatic rings. The van der Waals surface area contributed by atoms with E-state index in [9.17, 15) is 14.0 Å². The number of oxazole rings is 1. The molecular formula is C16H13FN2O3. The first kappa shape index (κ1) is 14.1. The highest BCUT2D eigenvalue weighted by Crippen LogP contribution is 2.18. The molecule has 0 saturated carbocycles. The van der Waals surface area contributed by atoms with E-state index >= 15 is 0 Å². The van der Waals surface area contributed by atoms with Gasteiger partial charge in [0.25, 0.3) is 0 Å². The summed E-state index contributed by atoms with van der Waals surface area (Å²) in [6.45, 7) is 1.58. The average molecular weight is 300 g/mol. The standard InChI is InChI=1S/C16H13FN2O3/c1-10(15(20)18-12-6-4-5-11(17)9-12)19-13-7-2-3-8-14(13)22-16(19)21/h2-10H,1H3,(H,18,20). The Hall–Kier alpha value is -2.89. The number of nitrogens with one attached hydrogen (secondary N) is 1. The molecule has 1 heterocycles. The van der Waals surface area contributed by atoms with Gasteiger partial charge in [-0.2, -0.15) is 0 Å². The number of fused-ring (bicyclic) bond motifs is 1. The van der Waals surface area contributed by atoms with Crippen LogP contribution in [0.2, 0.25) is 0 Å². The summed E-state index contributed by atoms with van der Waals surface area (Å²) in [5.74, 6) is -1.49. The van der Waals surface area contributed by atoms with E-state index in [4.69, 9.17) is 4.42 Å². The van der Waals surface area contributed by atoms with E-state index in [0.717, 1.165) is 0 Å². The predicted molar refractivity (Wildman–Crippen MR) is 80.2 cm³/mol. The second kappa shape index (κ2) is 5.48. The molecule has 0 bridgehead atoms. The van der Waals surface area contributed by atoms with Crippen molar-refractivity contribution in [3.05, 3.63) is 64.9 Å². The highest BCUT2D eigenvalue weighted by Gasteiger charge is 2.21. The Labute approximate surface area is 125 Å². The Morgan fingerprint density at radius 1 is 1.23 bits per heavy atom. The fourth-order valence-electron chi connectivity index (χ4n) is 2.28. The number of benzene rings is 2. The molecule has 1 unspecified atom stereocenters. The third kappa shape index (κ3) is 2.50. The van der Waals surface area contributed by atoms with Gasteiger partial charge in [0.15, 0.2) is 5.58 Å². The minimum atomic E-state index is -0.792. The first-order valence-electron chi connectivity index (χ1n) is 6.73. The van der Waals surface area contributed by atoms with Crippen LogP contribution in [0.4, 0.5) is 10.1 Å². The van der Waals surface area contributed by atoms with Crippen LogP contribution in [0.1, 0.15) is 13.0 Å². The van der Waals surface area contributed by atoms with E-state index in [0.29, 0.717) is 16.8 Å². The number of aromatic nitrogens is 1. The summed E-state index contributed by atoms with van der Waals surface area (Å²) in [6.07, 6.45) is 0. The number of amides is 1. The lowest BCUT2D eigenvalue weighted by Crippen LogP contribution is -2.29. The minimum Gasteiger partial charge on any atom is -0.408 e. The van der Waals surface area contributed by atoms with Crippen molar-refractivity contribution in [1.29, 1.82) is 0 Å². The molecule has 3 aromatic rings. The number of anilines is 1. The lowest BCUT2D eigenvalue weighted by molar-refractivity contribution is -0.118. The Kier molecular flexibility index (Phi) is 3.50. The number of para-hydroxylation sites is 2. The Morgan fingerprint density at radius 2 is 2.00 bits per heavy atom. The van der Waals surface area contributed by atoms with Crippen LogP contribution in [0.5, 0.6) is 0 Å². The number of nitrogens with zero attached hydrogens (tertiary/aromatic N) is 1. The van der Waals surface area contributed by atoms with Crippen LogP contribution in [-0.2, 0) is 4.79 Å². The zero-order valence-corrected chi connectivity index (χ0v) is 11.7. The van der Waals surface area contributed by atoms with Crippen LogP contribution < -0.4 is 11.1 Å². The van der Waals surface area contributed by atoms with Gasteiger partial charge in [0.1, 0.15) is 11.9 Å². The molecule has 0 saturated heterocycles. The number of carbonyl (C=O) groups excluding carboxylic acids is 1. The molecule has 1 aromatic heterocycles. The van der Waals surface area contributed by atoms with E-state index in [-0.39, 0.29) is 0 Å². The van der Waals surface area contributed by atoms with Crippen LogP contribution in [0.15, 0.2) is 57.7 Å². The molecule has 3 rings (SSSR count).